The van der Waals surface area contributed by atoms with Crippen LogP contribution in [0.5, 0.6) is 5.75 Å². The van der Waals surface area contributed by atoms with E-state index in [0.717, 1.165) is 65.1 Å². The molecule has 3 atom stereocenters. The molecule has 234 valence electrons. The quantitative estimate of drug-likeness (QED) is 0.202. The maximum absolute atomic E-state index is 14.1. The molecular formula is C36H39KN4O5. The fourth-order valence-corrected chi connectivity index (χ4v) is 6.24. The summed E-state index contributed by atoms with van der Waals surface area (Å²) in [6.45, 7) is 8.14. The molecule has 10 heteroatoms. The van der Waals surface area contributed by atoms with Crippen LogP contribution < -0.4 is 16.1 Å². The first kappa shape index (κ1) is 34.2. The molecule has 0 saturated carbocycles. The van der Waals surface area contributed by atoms with Gasteiger partial charge in [-0.3, -0.25) is 18.9 Å². The van der Waals surface area contributed by atoms with E-state index in [2.05, 4.69) is 30.9 Å². The number of ether oxygens (including phenoxy) is 2. The van der Waals surface area contributed by atoms with Crippen LogP contribution >= 0.6 is 0 Å². The van der Waals surface area contributed by atoms with Crippen LogP contribution in [-0.2, 0) is 17.6 Å². The topological polar surface area (TPSA) is 112 Å². The van der Waals surface area contributed by atoms with Gasteiger partial charge in [0, 0.05) is 30.4 Å². The van der Waals surface area contributed by atoms with Gasteiger partial charge in [0.2, 0.25) is 0 Å². The molecular weight excluding hydrogens is 608 g/mol. The fourth-order valence-electron chi connectivity index (χ4n) is 6.24. The third kappa shape index (κ3) is 7.70. The van der Waals surface area contributed by atoms with Crippen LogP contribution in [0.25, 0.3) is 28.2 Å². The second kappa shape index (κ2) is 15.2. The predicted octanol–water partition coefficient (Wildman–Crippen LogP) is 5.78. The number of hydrogen-bond donors (Lipinski definition) is 1. The molecule has 1 unspecified atom stereocenters. The average molecular weight is 647 g/mol. The number of rotatable bonds is 9. The first-order chi connectivity index (χ1) is 21.8. The van der Waals surface area contributed by atoms with Gasteiger partial charge in [-0.15, -0.1) is 0 Å². The minimum atomic E-state index is -0.598. The van der Waals surface area contributed by atoms with Gasteiger partial charge < -0.3 is 9.47 Å². The summed E-state index contributed by atoms with van der Waals surface area (Å²) in [5.74, 6) is 1.22. The Morgan fingerprint density at radius 3 is 2.24 bits per heavy atom. The monoisotopic (exact) mass is 646 g/mol. The van der Waals surface area contributed by atoms with Gasteiger partial charge in [0.15, 0.2) is 5.82 Å². The third-order valence-electron chi connectivity index (χ3n) is 8.24. The minimum absolute atomic E-state index is 0. The van der Waals surface area contributed by atoms with Crippen molar-refractivity contribution in [1.82, 2.24) is 19.7 Å². The van der Waals surface area contributed by atoms with Gasteiger partial charge in [-0.25, -0.2) is 9.78 Å². The zero-order valence-electron chi connectivity index (χ0n) is 26.1. The van der Waals surface area contributed by atoms with Gasteiger partial charge in [0.05, 0.1) is 23.6 Å². The van der Waals surface area contributed by atoms with Crippen molar-refractivity contribution in [3.8, 4) is 34.0 Å². The molecule has 1 fully saturated rings. The fraction of sp³-hybridized carbons (Fsp3) is 0.333. The molecule has 5 aromatic rings. The molecule has 3 aromatic carbocycles. The van der Waals surface area contributed by atoms with Crippen molar-refractivity contribution in [3.05, 3.63) is 116 Å². The Balaban J connectivity index is 0.00000417. The van der Waals surface area contributed by atoms with Crippen molar-refractivity contribution in [1.29, 1.82) is 0 Å². The summed E-state index contributed by atoms with van der Waals surface area (Å²) in [5.41, 5.74) is 5.86. The second-order valence-electron chi connectivity index (χ2n) is 11.8. The summed E-state index contributed by atoms with van der Waals surface area (Å²) >= 11 is 0. The van der Waals surface area contributed by atoms with Crippen LogP contribution in [0.4, 0.5) is 0 Å². The van der Waals surface area contributed by atoms with Crippen LogP contribution in [-0.4, -0.2) is 89.4 Å². The van der Waals surface area contributed by atoms with E-state index in [-0.39, 0.29) is 75.3 Å². The first-order valence-corrected chi connectivity index (χ1v) is 15.6. The van der Waals surface area contributed by atoms with E-state index in [1.54, 1.807) is 4.57 Å². The Bertz CT molecular complexity index is 1890. The van der Waals surface area contributed by atoms with E-state index < -0.39 is 5.76 Å². The number of aryl methyl sites for hydroxylation is 2. The van der Waals surface area contributed by atoms with Crippen molar-refractivity contribution < 1.29 is 14.0 Å². The van der Waals surface area contributed by atoms with Gasteiger partial charge in [0.25, 0.3) is 5.56 Å². The van der Waals surface area contributed by atoms with Crippen LogP contribution in [0.2, 0.25) is 0 Å². The molecule has 6 rings (SSSR count). The van der Waals surface area contributed by atoms with Crippen molar-refractivity contribution >= 4 is 51.4 Å². The standard InChI is InChI=1S/C36H38N4O5.K.H/c1-5-8-33-32(21-25-11-13-26(14-12-25)30-9-6-7-10-31(30)34-38-36(42)45-39-34)35(41)40(24(4)37-33)27-15-17-28(18-16-27)44-29-19-22(2)43-23(3)20-29;;/h6-7,9-18,22-23,29H,5,8,19-21H2,1-4H3,(H,38,39,42);;/t22-,23+,29?;;. The van der Waals surface area contributed by atoms with E-state index in [1.165, 1.54) is 0 Å². The molecule has 1 aliphatic rings. The maximum atomic E-state index is 14.1. The van der Waals surface area contributed by atoms with Crippen LogP contribution in [0.1, 0.15) is 62.7 Å². The van der Waals surface area contributed by atoms with Crippen molar-refractivity contribution in [2.75, 3.05) is 0 Å². The summed E-state index contributed by atoms with van der Waals surface area (Å²) in [7, 11) is 0. The molecule has 0 bridgehead atoms. The summed E-state index contributed by atoms with van der Waals surface area (Å²) in [4.78, 5) is 33.2. The van der Waals surface area contributed by atoms with Gasteiger partial charge in [-0.2, -0.15) is 0 Å². The third-order valence-corrected chi connectivity index (χ3v) is 8.24. The second-order valence-corrected chi connectivity index (χ2v) is 11.8. The van der Waals surface area contributed by atoms with E-state index in [1.807, 2.05) is 79.7 Å². The Morgan fingerprint density at radius 1 is 0.935 bits per heavy atom. The Kier molecular flexibility index (Phi) is 11.3. The molecule has 0 aliphatic carbocycles. The summed E-state index contributed by atoms with van der Waals surface area (Å²) in [6, 6.07) is 23.5. The molecule has 1 saturated heterocycles. The number of H-pyrrole nitrogens is 1. The summed E-state index contributed by atoms with van der Waals surface area (Å²) in [6.07, 6.45) is 4.22. The Labute approximate surface area is 310 Å². The number of aromatic nitrogens is 4. The van der Waals surface area contributed by atoms with Crippen molar-refractivity contribution in [2.45, 2.75) is 78.1 Å². The molecule has 46 heavy (non-hydrogen) atoms. The number of nitrogens with zero attached hydrogens (tertiary/aromatic N) is 3. The van der Waals surface area contributed by atoms with Gasteiger partial charge >= 0.3 is 57.1 Å². The SMILES string of the molecule is CCCc1nc(C)n(-c2ccc(OC3C[C@@H](C)O[C@@H](C)C3)cc2)c(=O)c1Cc1ccc(-c2ccccc2-c2noc(=O)[nH]2)cc1.[KH]. The zero-order chi connectivity index (χ0) is 31.5. The first-order valence-electron chi connectivity index (χ1n) is 15.6. The van der Waals surface area contributed by atoms with E-state index in [4.69, 9.17) is 19.0 Å². The normalized spacial score (nSPS) is 17.8. The van der Waals surface area contributed by atoms with Gasteiger partial charge in [0.1, 0.15) is 17.7 Å². The van der Waals surface area contributed by atoms with Crippen LogP contribution in [0, 0.1) is 6.92 Å². The molecule has 0 amide bonds. The van der Waals surface area contributed by atoms with Crippen LogP contribution in [0.3, 0.4) is 0 Å². The summed E-state index contributed by atoms with van der Waals surface area (Å²) in [5, 5.41) is 3.86. The predicted molar refractivity (Wildman–Crippen MR) is 180 cm³/mol. The molecule has 2 aromatic heterocycles. The number of hydrogen-bond acceptors (Lipinski definition) is 7. The van der Waals surface area contributed by atoms with Gasteiger partial charge in [-0.1, -0.05) is 67.0 Å². The van der Waals surface area contributed by atoms with Crippen LogP contribution in [0.15, 0.2) is 86.9 Å². The molecule has 1 aliphatic heterocycles. The molecule has 0 spiro atoms. The van der Waals surface area contributed by atoms with Crippen molar-refractivity contribution in [3.63, 3.8) is 0 Å². The van der Waals surface area contributed by atoms with E-state index in [9.17, 15) is 9.59 Å². The Hall–Kier alpha value is -3.12. The number of benzene rings is 3. The van der Waals surface area contributed by atoms with E-state index in [0.29, 0.717) is 23.6 Å². The molecule has 9 nitrogen and oxygen atoms in total. The van der Waals surface area contributed by atoms with Gasteiger partial charge in [-0.05, 0) is 68.1 Å². The summed E-state index contributed by atoms with van der Waals surface area (Å²) < 4.78 is 18.5. The van der Waals surface area contributed by atoms with Crippen molar-refractivity contribution in [2.24, 2.45) is 0 Å². The number of aromatic amines is 1. The van der Waals surface area contributed by atoms with E-state index >= 15 is 0 Å². The molecule has 1 N–H and O–H groups in total. The zero-order valence-corrected chi connectivity index (χ0v) is 26.1. The molecule has 3 heterocycles. The molecule has 0 radical (unpaired) electrons. The number of nitrogens with one attached hydrogen (secondary N) is 1. The average Bonchev–Trinajstić information content (AvgIpc) is 3.46. The Morgan fingerprint density at radius 2 is 1.61 bits per heavy atom.